The first kappa shape index (κ1) is 12.5. The van der Waals surface area contributed by atoms with Gasteiger partial charge in [-0.2, -0.15) is 0 Å². The Morgan fingerprint density at radius 2 is 1.40 bits per heavy atom. The molecule has 20 heavy (non-hydrogen) atoms. The maximum Gasteiger partial charge on any atom is 0.285 e. The zero-order valence-corrected chi connectivity index (χ0v) is 11.3. The molecule has 0 atom stereocenters. The molecule has 0 aliphatic carbocycles. The standard InChI is InChI=1S/C14H12N2O4/c1-7-4-5-9(6-8(7)2)16-12(19)14(13(16)20)10(17)15(3)11(14)18/h4-6H,1-3H3. The van der Waals surface area contributed by atoms with E-state index in [2.05, 4.69) is 0 Å². The van der Waals surface area contributed by atoms with Crippen LogP contribution in [-0.4, -0.2) is 35.6 Å². The van der Waals surface area contributed by atoms with Gasteiger partial charge in [0, 0.05) is 7.05 Å². The van der Waals surface area contributed by atoms with Crippen molar-refractivity contribution in [1.29, 1.82) is 0 Å². The lowest BCUT2D eigenvalue weighted by atomic mass is 9.69. The minimum absolute atomic E-state index is 0.392. The van der Waals surface area contributed by atoms with Crippen LogP contribution < -0.4 is 4.90 Å². The zero-order chi connectivity index (χ0) is 14.8. The molecule has 102 valence electrons. The molecule has 0 saturated carbocycles. The average Bonchev–Trinajstić information content (AvgIpc) is 2.43. The molecule has 6 nitrogen and oxygen atoms in total. The third kappa shape index (κ3) is 1.10. The third-order valence-corrected chi connectivity index (χ3v) is 4.05. The van der Waals surface area contributed by atoms with Crippen LogP contribution in [0.1, 0.15) is 11.1 Å². The lowest BCUT2D eigenvalue weighted by Gasteiger charge is -2.51. The van der Waals surface area contributed by atoms with Crippen LogP contribution in [0.15, 0.2) is 18.2 Å². The summed E-state index contributed by atoms with van der Waals surface area (Å²) in [5.41, 5.74) is 0.254. The van der Waals surface area contributed by atoms with Gasteiger partial charge in [0.05, 0.1) is 5.69 Å². The number of aryl methyl sites for hydroxylation is 2. The molecule has 0 aromatic heterocycles. The first-order valence-electron chi connectivity index (χ1n) is 6.12. The molecule has 2 aliphatic rings. The number of rotatable bonds is 1. The van der Waals surface area contributed by atoms with Crippen molar-refractivity contribution in [1.82, 2.24) is 4.90 Å². The van der Waals surface area contributed by atoms with Crippen LogP contribution in [0.3, 0.4) is 0 Å². The summed E-state index contributed by atoms with van der Waals surface area (Å²) in [6.45, 7) is 3.77. The number of benzene rings is 1. The van der Waals surface area contributed by atoms with E-state index >= 15 is 0 Å². The Bertz CT molecular complexity index is 673. The fourth-order valence-electron chi connectivity index (χ4n) is 2.57. The van der Waals surface area contributed by atoms with E-state index in [0.29, 0.717) is 5.69 Å². The molecule has 3 rings (SSSR count). The molecular formula is C14H12N2O4. The first-order chi connectivity index (χ1) is 9.33. The summed E-state index contributed by atoms with van der Waals surface area (Å²) < 4.78 is 0. The average molecular weight is 272 g/mol. The summed E-state index contributed by atoms with van der Waals surface area (Å²) in [6.07, 6.45) is 0. The molecule has 2 heterocycles. The molecule has 0 radical (unpaired) electrons. The molecule has 0 unspecified atom stereocenters. The quantitative estimate of drug-likeness (QED) is 0.539. The molecule has 6 heteroatoms. The Morgan fingerprint density at radius 1 is 0.850 bits per heavy atom. The van der Waals surface area contributed by atoms with Gasteiger partial charge in [0.15, 0.2) is 0 Å². The van der Waals surface area contributed by atoms with E-state index in [1.807, 2.05) is 13.8 Å². The topological polar surface area (TPSA) is 74.8 Å². The van der Waals surface area contributed by atoms with Crippen LogP contribution >= 0.6 is 0 Å². The minimum Gasteiger partial charge on any atom is -0.282 e. The molecule has 1 spiro atoms. The minimum atomic E-state index is -2.09. The van der Waals surface area contributed by atoms with Gasteiger partial charge in [-0.3, -0.25) is 24.1 Å². The largest absolute Gasteiger partial charge is 0.285 e. The van der Waals surface area contributed by atoms with Gasteiger partial charge in [-0.1, -0.05) is 6.07 Å². The number of hydrogen-bond acceptors (Lipinski definition) is 4. The third-order valence-electron chi connectivity index (χ3n) is 4.05. The van der Waals surface area contributed by atoms with Crippen molar-refractivity contribution in [3.63, 3.8) is 0 Å². The van der Waals surface area contributed by atoms with Crippen molar-refractivity contribution in [3.05, 3.63) is 29.3 Å². The number of nitrogens with zero attached hydrogens (tertiary/aromatic N) is 2. The van der Waals surface area contributed by atoms with Gasteiger partial charge in [0.1, 0.15) is 0 Å². The highest BCUT2D eigenvalue weighted by molar-refractivity contribution is 6.59. The number of likely N-dealkylation sites (tertiary alicyclic amines) is 1. The van der Waals surface area contributed by atoms with Crippen LogP contribution in [0, 0.1) is 19.3 Å². The molecule has 0 bridgehead atoms. The van der Waals surface area contributed by atoms with Gasteiger partial charge >= 0.3 is 0 Å². The molecule has 0 N–H and O–H groups in total. The zero-order valence-electron chi connectivity index (χ0n) is 11.3. The van der Waals surface area contributed by atoms with Crippen molar-refractivity contribution in [2.75, 3.05) is 11.9 Å². The van der Waals surface area contributed by atoms with E-state index in [4.69, 9.17) is 0 Å². The summed E-state index contributed by atoms with van der Waals surface area (Å²) in [5.74, 6) is -2.98. The molecule has 2 fully saturated rings. The second kappa shape index (κ2) is 3.53. The summed E-state index contributed by atoms with van der Waals surface area (Å²) in [7, 11) is 1.26. The Morgan fingerprint density at radius 3 is 1.90 bits per heavy atom. The molecule has 1 aromatic carbocycles. The van der Waals surface area contributed by atoms with Crippen LogP contribution in [-0.2, 0) is 19.2 Å². The van der Waals surface area contributed by atoms with Gasteiger partial charge in [-0.05, 0) is 37.1 Å². The van der Waals surface area contributed by atoms with Crippen LogP contribution in [0.25, 0.3) is 0 Å². The van der Waals surface area contributed by atoms with Crippen molar-refractivity contribution in [2.45, 2.75) is 13.8 Å². The number of carbonyl (C=O) groups is 4. The van der Waals surface area contributed by atoms with Gasteiger partial charge in [0.2, 0.25) is 0 Å². The van der Waals surface area contributed by atoms with Gasteiger partial charge < -0.3 is 0 Å². The summed E-state index contributed by atoms with van der Waals surface area (Å²) in [5, 5.41) is 0. The summed E-state index contributed by atoms with van der Waals surface area (Å²) >= 11 is 0. The Kier molecular flexibility index (Phi) is 2.21. The predicted molar refractivity (Wildman–Crippen MR) is 68.6 cm³/mol. The van der Waals surface area contributed by atoms with Crippen LogP contribution in [0.4, 0.5) is 5.69 Å². The lowest BCUT2D eigenvalue weighted by molar-refractivity contribution is -0.184. The molecular weight excluding hydrogens is 260 g/mol. The van der Waals surface area contributed by atoms with Crippen molar-refractivity contribution in [3.8, 4) is 0 Å². The van der Waals surface area contributed by atoms with Crippen molar-refractivity contribution in [2.24, 2.45) is 5.41 Å². The SMILES string of the molecule is Cc1ccc(N2C(=O)C3(C(=O)N(C)C3=O)C2=O)cc1C. The summed E-state index contributed by atoms with van der Waals surface area (Å²) in [4.78, 5) is 49.5. The predicted octanol–water partition coefficient (Wildman–Crippen LogP) is 0.162. The number of anilines is 1. The first-order valence-corrected chi connectivity index (χ1v) is 6.12. The number of amides is 4. The van der Waals surface area contributed by atoms with E-state index in [1.54, 1.807) is 18.2 Å². The monoisotopic (exact) mass is 272 g/mol. The van der Waals surface area contributed by atoms with Crippen molar-refractivity contribution < 1.29 is 19.2 Å². The highest BCUT2D eigenvalue weighted by Crippen LogP contribution is 2.46. The normalized spacial score (nSPS) is 20.4. The van der Waals surface area contributed by atoms with Gasteiger partial charge in [-0.15, -0.1) is 0 Å². The Balaban J connectivity index is 1.99. The molecule has 1 aromatic rings. The number of hydrogen-bond donors (Lipinski definition) is 0. The second-order valence-electron chi connectivity index (χ2n) is 5.13. The fourth-order valence-corrected chi connectivity index (χ4v) is 2.57. The lowest BCUT2D eigenvalue weighted by Crippen LogP contribution is -2.83. The molecule has 2 aliphatic heterocycles. The van der Waals surface area contributed by atoms with Gasteiger partial charge in [-0.25, -0.2) is 4.90 Å². The van der Waals surface area contributed by atoms with E-state index in [1.165, 1.54) is 7.05 Å². The maximum atomic E-state index is 12.2. The number of imide groups is 2. The Hall–Kier alpha value is -2.50. The highest BCUT2D eigenvalue weighted by atomic mass is 16.2. The van der Waals surface area contributed by atoms with E-state index in [0.717, 1.165) is 20.9 Å². The van der Waals surface area contributed by atoms with Crippen molar-refractivity contribution >= 4 is 29.3 Å². The van der Waals surface area contributed by atoms with E-state index < -0.39 is 29.0 Å². The van der Waals surface area contributed by atoms with E-state index in [9.17, 15) is 19.2 Å². The Labute approximate surface area is 115 Å². The highest BCUT2D eigenvalue weighted by Gasteiger charge is 2.79. The smallest absolute Gasteiger partial charge is 0.282 e. The van der Waals surface area contributed by atoms with Crippen LogP contribution in [0.5, 0.6) is 0 Å². The van der Waals surface area contributed by atoms with Crippen LogP contribution in [0.2, 0.25) is 0 Å². The maximum absolute atomic E-state index is 12.2. The van der Waals surface area contributed by atoms with Gasteiger partial charge in [0.25, 0.3) is 29.0 Å². The van der Waals surface area contributed by atoms with E-state index in [-0.39, 0.29) is 0 Å². The molecule has 4 amide bonds. The number of β-lactam (4-membered cyclic amide) rings is 4. The number of carbonyl (C=O) groups excluding carboxylic acids is 4. The fraction of sp³-hybridized carbons (Fsp3) is 0.286. The molecule has 2 saturated heterocycles. The second-order valence-corrected chi connectivity index (χ2v) is 5.13. The summed E-state index contributed by atoms with van der Waals surface area (Å²) in [6, 6.07) is 5.10.